The second kappa shape index (κ2) is 8.58. The summed E-state index contributed by atoms with van der Waals surface area (Å²) in [7, 11) is 0. The normalized spacial score (nSPS) is 10.9. The third-order valence-electron chi connectivity index (χ3n) is 3.77. The van der Waals surface area contributed by atoms with Crippen LogP contribution in [0.25, 0.3) is 6.08 Å². The Balaban J connectivity index is 1.90. The van der Waals surface area contributed by atoms with Gasteiger partial charge in [0.1, 0.15) is 11.5 Å². The van der Waals surface area contributed by atoms with E-state index in [1.807, 2.05) is 6.07 Å². The highest BCUT2D eigenvalue weighted by Gasteiger charge is 2.15. The predicted molar refractivity (Wildman–Crippen MR) is 103 cm³/mol. The molecule has 0 heterocycles. The fraction of sp³-hybridized carbons (Fsp3) is 0. The van der Waals surface area contributed by atoms with Crippen molar-refractivity contribution in [2.24, 2.45) is 0 Å². The Hall–Kier alpha value is -3.73. The third-order valence-corrected chi connectivity index (χ3v) is 3.77. The zero-order chi connectivity index (χ0) is 19.1. The van der Waals surface area contributed by atoms with Gasteiger partial charge in [-0.15, -0.1) is 0 Å². The molecule has 0 aliphatic carbocycles. The number of anilines is 1. The SMILES string of the molecule is O=C(Nc1ccccc1)/C(=C\c1ccccc1F)NC(=O)c1ccccc1. The maximum atomic E-state index is 14.0. The summed E-state index contributed by atoms with van der Waals surface area (Å²) in [5.41, 5.74) is 1.10. The fourth-order valence-electron chi connectivity index (χ4n) is 2.41. The van der Waals surface area contributed by atoms with Crippen LogP contribution in [0.3, 0.4) is 0 Å². The van der Waals surface area contributed by atoms with Crippen molar-refractivity contribution in [2.45, 2.75) is 0 Å². The van der Waals surface area contributed by atoms with Crippen LogP contribution >= 0.6 is 0 Å². The molecule has 3 aromatic rings. The van der Waals surface area contributed by atoms with Gasteiger partial charge in [0.05, 0.1) is 0 Å². The number of carbonyl (C=O) groups is 2. The lowest BCUT2D eigenvalue weighted by molar-refractivity contribution is -0.113. The molecule has 3 aromatic carbocycles. The molecule has 27 heavy (non-hydrogen) atoms. The van der Waals surface area contributed by atoms with E-state index in [1.165, 1.54) is 18.2 Å². The number of halogens is 1. The molecule has 0 unspecified atom stereocenters. The number of nitrogens with one attached hydrogen (secondary N) is 2. The minimum absolute atomic E-state index is 0.0576. The molecule has 0 saturated carbocycles. The van der Waals surface area contributed by atoms with Crippen LogP contribution in [-0.4, -0.2) is 11.8 Å². The van der Waals surface area contributed by atoms with Crippen LogP contribution in [0.2, 0.25) is 0 Å². The van der Waals surface area contributed by atoms with Gasteiger partial charge in [0.25, 0.3) is 11.8 Å². The lowest BCUT2D eigenvalue weighted by Gasteiger charge is -2.11. The number of rotatable bonds is 5. The van der Waals surface area contributed by atoms with Gasteiger partial charge in [0.15, 0.2) is 0 Å². The molecule has 0 fully saturated rings. The van der Waals surface area contributed by atoms with Crippen LogP contribution in [0.1, 0.15) is 15.9 Å². The van der Waals surface area contributed by atoms with E-state index in [0.29, 0.717) is 11.3 Å². The first-order valence-corrected chi connectivity index (χ1v) is 8.32. The first kappa shape index (κ1) is 18.1. The Kier molecular flexibility index (Phi) is 5.74. The van der Waals surface area contributed by atoms with Gasteiger partial charge in [-0.2, -0.15) is 0 Å². The van der Waals surface area contributed by atoms with Gasteiger partial charge >= 0.3 is 0 Å². The van der Waals surface area contributed by atoms with E-state index in [0.717, 1.165) is 0 Å². The summed E-state index contributed by atoms with van der Waals surface area (Å²) in [6, 6.07) is 23.3. The van der Waals surface area contributed by atoms with Crippen LogP contribution < -0.4 is 10.6 Å². The highest BCUT2D eigenvalue weighted by atomic mass is 19.1. The Labute approximate surface area is 156 Å². The van der Waals surface area contributed by atoms with E-state index in [9.17, 15) is 14.0 Å². The summed E-state index contributed by atoms with van der Waals surface area (Å²) in [6.07, 6.45) is 1.31. The summed E-state index contributed by atoms with van der Waals surface area (Å²) in [5, 5.41) is 5.27. The number of hydrogen-bond donors (Lipinski definition) is 2. The fourth-order valence-corrected chi connectivity index (χ4v) is 2.41. The van der Waals surface area contributed by atoms with Gasteiger partial charge in [-0.1, -0.05) is 54.6 Å². The summed E-state index contributed by atoms with van der Waals surface area (Å²) in [6.45, 7) is 0. The number of benzene rings is 3. The van der Waals surface area contributed by atoms with Crippen molar-refractivity contribution in [1.29, 1.82) is 0 Å². The van der Waals surface area contributed by atoms with Gasteiger partial charge in [-0.05, 0) is 36.4 Å². The van der Waals surface area contributed by atoms with E-state index in [4.69, 9.17) is 0 Å². The highest BCUT2D eigenvalue weighted by molar-refractivity contribution is 6.10. The third kappa shape index (κ3) is 4.89. The van der Waals surface area contributed by atoms with Crippen molar-refractivity contribution in [3.05, 3.63) is 108 Å². The molecular formula is C22H17FN2O2. The standard InChI is InChI=1S/C22H17FN2O2/c23-19-14-8-7-11-17(19)15-20(22(27)24-18-12-5-2-6-13-18)25-21(26)16-9-3-1-4-10-16/h1-15H,(H,24,27)(H,25,26)/b20-15+. The smallest absolute Gasteiger partial charge is 0.272 e. The zero-order valence-electron chi connectivity index (χ0n) is 14.4. The van der Waals surface area contributed by atoms with Crippen molar-refractivity contribution in [3.8, 4) is 0 Å². The molecule has 0 atom stereocenters. The van der Waals surface area contributed by atoms with Gasteiger partial charge < -0.3 is 10.6 Å². The summed E-state index contributed by atoms with van der Waals surface area (Å²) in [4.78, 5) is 25.1. The molecule has 4 nitrogen and oxygen atoms in total. The molecule has 5 heteroatoms. The maximum Gasteiger partial charge on any atom is 0.272 e. The van der Waals surface area contributed by atoms with Crippen molar-refractivity contribution in [1.82, 2.24) is 5.32 Å². The molecular weight excluding hydrogens is 343 g/mol. The average molecular weight is 360 g/mol. The summed E-state index contributed by atoms with van der Waals surface area (Å²) >= 11 is 0. The van der Waals surface area contributed by atoms with E-state index in [2.05, 4.69) is 10.6 Å². The van der Waals surface area contributed by atoms with E-state index in [-0.39, 0.29) is 11.3 Å². The zero-order valence-corrected chi connectivity index (χ0v) is 14.4. The number of carbonyl (C=O) groups excluding carboxylic acids is 2. The van der Waals surface area contributed by atoms with E-state index < -0.39 is 17.6 Å². The van der Waals surface area contributed by atoms with Crippen molar-refractivity contribution in [3.63, 3.8) is 0 Å². The molecule has 2 N–H and O–H groups in total. The molecule has 0 aliphatic heterocycles. The van der Waals surface area contributed by atoms with Gasteiger partial charge in [0, 0.05) is 16.8 Å². The summed E-state index contributed by atoms with van der Waals surface area (Å²) < 4.78 is 14.0. The molecule has 2 amide bonds. The second-order valence-corrected chi connectivity index (χ2v) is 5.72. The predicted octanol–water partition coefficient (Wildman–Crippen LogP) is 4.24. The number of para-hydroxylation sites is 1. The molecule has 0 saturated heterocycles. The Bertz CT molecular complexity index is 970. The van der Waals surface area contributed by atoms with Gasteiger partial charge in [-0.3, -0.25) is 9.59 Å². The quantitative estimate of drug-likeness (QED) is 0.669. The molecule has 0 bridgehead atoms. The van der Waals surface area contributed by atoms with Crippen LogP contribution in [0.4, 0.5) is 10.1 Å². The van der Waals surface area contributed by atoms with Crippen LogP contribution in [0, 0.1) is 5.82 Å². The summed E-state index contributed by atoms with van der Waals surface area (Å²) in [5.74, 6) is -1.49. The van der Waals surface area contributed by atoms with Crippen LogP contribution in [0.15, 0.2) is 90.6 Å². The Morgan fingerprint density at radius 1 is 0.778 bits per heavy atom. The molecule has 3 rings (SSSR count). The van der Waals surface area contributed by atoms with Crippen molar-refractivity contribution >= 4 is 23.6 Å². The molecule has 134 valence electrons. The van der Waals surface area contributed by atoms with Gasteiger partial charge in [-0.25, -0.2) is 4.39 Å². The van der Waals surface area contributed by atoms with Crippen LogP contribution in [-0.2, 0) is 4.79 Å². The molecule has 0 aromatic heterocycles. The largest absolute Gasteiger partial charge is 0.321 e. The van der Waals surface area contributed by atoms with Gasteiger partial charge in [0.2, 0.25) is 0 Å². The molecule has 0 radical (unpaired) electrons. The van der Waals surface area contributed by atoms with Crippen LogP contribution in [0.5, 0.6) is 0 Å². The first-order valence-electron chi connectivity index (χ1n) is 8.32. The molecule has 0 aliphatic rings. The minimum atomic E-state index is -0.547. The first-order chi connectivity index (χ1) is 13.1. The highest BCUT2D eigenvalue weighted by Crippen LogP contribution is 2.13. The second-order valence-electron chi connectivity index (χ2n) is 5.72. The lowest BCUT2D eigenvalue weighted by Crippen LogP contribution is -2.30. The van der Waals surface area contributed by atoms with E-state index in [1.54, 1.807) is 66.7 Å². The number of hydrogen-bond acceptors (Lipinski definition) is 2. The molecule has 0 spiro atoms. The lowest BCUT2D eigenvalue weighted by atomic mass is 10.1. The van der Waals surface area contributed by atoms with Crippen molar-refractivity contribution < 1.29 is 14.0 Å². The average Bonchev–Trinajstić information content (AvgIpc) is 2.70. The Morgan fingerprint density at radius 2 is 1.37 bits per heavy atom. The number of amides is 2. The van der Waals surface area contributed by atoms with E-state index >= 15 is 0 Å². The Morgan fingerprint density at radius 3 is 2.04 bits per heavy atom. The van der Waals surface area contributed by atoms with Crippen molar-refractivity contribution in [2.75, 3.05) is 5.32 Å². The minimum Gasteiger partial charge on any atom is -0.321 e. The topological polar surface area (TPSA) is 58.2 Å². The maximum absolute atomic E-state index is 14.0. The monoisotopic (exact) mass is 360 g/mol.